The maximum Gasteiger partial charge on any atom is 0.333 e. The zero-order valence-electron chi connectivity index (χ0n) is 13.5. The number of carbonyl (C=O) groups excluding carboxylic acids is 2. The normalized spacial score (nSPS) is 24.8. The number of carbonyl (C=O) groups is 2. The predicted molar refractivity (Wildman–Crippen MR) is 83.1 cm³/mol. The van der Waals surface area contributed by atoms with Gasteiger partial charge in [0.15, 0.2) is 0 Å². The summed E-state index contributed by atoms with van der Waals surface area (Å²) in [5.41, 5.74) is 11.8. The average Bonchev–Trinajstić information content (AvgIpc) is 2.47. The number of hydrogen-bond donors (Lipinski definition) is 3. The van der Waals surface area contributed by atoms with Crippen molar-refractivity contribution in [1.29, 1.82) is 0 Å². The lowest BCUT2D eigenvalue weighted by atomic mass is 9.88. The lowest BCUT2D eigenvalue weighted by molar-refractivity contribution is -0.139. The summed E-state index contributed by atoms with van der Waals surface area (Å²) < 4.78 is 11.0. The maximum atomic E-state index is 11.9. The van der Waals surface area contributed by atoms with Crippen molar-refractivity contribution in [3.05, 3.63) is 11.6 Å². The summed E-state index contributed by atoms with van der Waals surface area (Å²) in [6.45, 7) is 6.08. The highest BCUT2D eigenvalue weighted by Gasteiger charge is 2.36. The second kappa shape index (κ2) is 8.75. The molecule has 1 aliphatic carbocycles. The summed E-state index contributed by atoms with van der Waals surface area (Å²) in [6.07, 6.45) is 3.18. The highest BCUT2D eigenvalue weighted by atomic mass is 16.5. The summed E-state index contributed by atoms with van der Waals surface area (Å²) in [5.74, 6) is -0.395. The smallest absolute Gasteiger partial charge is 0.333 e. The monoisotopic (exact) mass is 313 g/mol. The highest BCUT2D eigenvalue weighted by molar-refractivity contribution is 5.89. The molecule has 0 aromatic carbocycles. The molecule has 0 spiro atoms. The molecule has 7 nitrogen and oxygen atoms in total. The molecular formula is C15H27N3O4. The van der Waals surface area contributed by atoms with Crippen molar-refractivity contribution in [2.75, 3.05) is 6.61 Å². The van der Waals surface area contributed by atoms with Gasteiger partial charge >= 0.3 is 12.0 Å². The van der Waals surface area contributed by atoms with Crippen LogP contribution in [-0.4, -0.2) is 42.9 Å². The highest BCUT2D eigenvalue weighted by Crippen LogP contribution is 2.23. The molecule has 0 aromatic heterocycles. The van der Waals surface area contributed by atoms with Crippen molar-refractivity contribution in [2.45, 2.75) is 64.3 Å². The number of ether oxygens (including phenoxy) is 2. The van der Waals surface area contributed by atoms with E-state index in [-0.39, 0.29) is 6.10 Å². The predicted octanol–water partition coefficient (Wildman–Crippen LogP) is 0.818. The summed E-state index contributed by atoms with van der Waals surface area (Å²) in [6, 6.07) is -1.58. The molecule has 7 heteroatoms. The Kier molecular flexibility index (Phi) is 7.34. The lowest BCUT2D eigenvalue weighted by Crippen LogP contribution is -2.58. The number of urea groups is 1. The lowest BCUT2D eigenvalue weighted by Gasteiger charge is -2.36. The first kappa shape index (κ1) is 18.4. The summed E-state index contributed by atoms with van der Waals surface area (Å²) >= 11 is 0. The number of primary amides is 1. The molecule has 0 saturated carbocycles. The van der Waals surface area contributed by atoms with Crippen molar-refractivity contribution in [2.24, 2.45) is 11.5 Å². The molecule has 1 aliphatic rings. The van der Waals surface area contributed by atoms with Crippen LogP contribution in [0.3, 0.4) is 0 Å². The van der Waals surface area contributed by atoms with Crippen LogP contribution in [0.1, 0.15) is 40.0 Å². The van der Waals surface area contributed by atoms with E-state index in [0.29, 0.717) is 18.6 Å². The zero-order valence-corrected chi connectivity index (χ0v) is 13.5. The van der Waals surface area contributed by atoms with Gasteiger partial charge in [-0.05, 0) is 32.3 Å². The Morgan fingerprint density at radius 2 is 2.00 bits per heavy atom. The van der Waals surface area contributed by atoms with Gasteiger partial charge in [-0.3, -0.25) is 0 Å². The van der Waals surface area contributed by atoms with Gasteiger partial charge in [-0.25, -0.2) is 9.59 Å². The second-order valence-electron chi connectivity index (χ2n) is 5.35. The van der Waals surface area contributed by atoms with Gasteiger partial charge in [0, 0.05) is 11.6 Å². The molecule has 1 rings (SSSR count). The van der Waals surface area contributed by atoms with Gasteiger partial charge in [0.1, 0.15) is 0 Å². The number of esters is 1. The van der Waals surface area contributed by atoms with Crippen molar-refractivity contribution < 1.29 is 19.1 Å². The third-order valence-corrected chi connectivity index (χ3v) is 3.74. The van der Waals surface area contributed by atoms with E-state index in [0.717, 1.165) is 12.8 Å². The molecule has 22 heavy (non-hydrogen) atoms. The van der Waals surface area contributed by atoms with Gasteiger partial charge in [0.05, 0.1) is 24.9 Å². The fourth-order valence-electron chi connectivity index (χ4n) is 2.55. The van der Waals surface area contributed by atoms with Crippen LogP contribution in [0.5, 0.6) is 0 Å². The van der Waals surface area contributed by atoms with E-state index in [4.69, 9.17) is 20.9 Å². The molecule has 3 atom stereocenters. The number of hydrogen-bond acceptors (Lipinski definition) is 5. The van der Waals surface area contributed by atoms with Crippen LogP contribution >= 0.6 is 0 Å². The number of amides is 2. The molecule has 0 saturated heterocycles. The zero-order chi connectivity index (χ0) is 16.7. The molecule has 3 unspecified atom stereocenters. The molecule has 0 aliphatic heterocycles. The molecular weight excluding hydrogens is 286 g/mol. The molecule has 0 radical (unpaired) electrons. The minimum atomic E-state index is -0.661. The molecule has 5 N–H and O–H groups in total. The molecule has 0 fully saturated rings. The van der Waals surface area contributed by atoms with Crippen molar-refractivity contribution in [3.8, 4) is 0 Å². The minimum absolute atomic E-state index is 0.0205. The van der Waals surface area contributed by atoms with E-state index < -0.39 is 30.2 Å². The van der Waals surface area contributed by atoms with Gasteiger partial charge in [-0.2, -0.15) is 0 Å². The quantitative estimate of drug-likeness (QED) is 0.602. The minimum Gasteiger partial charge on any atom is -0.463 e. The third-order valence-electron chi connectivity index (χ3n) is 3.74. The van der Waals surface area contributed by atoms with Crippen LogP contribution in [-0.2, 0) is 14.3 Å². The van der Waals surface area contributed by atoms with Crippen LogP contribution in [0.25, 0.3) is 0 Å². The van der Waals surface area contributed by atoms with Crippen LogP contribution in [0.15, 0.2) is 11.6 Å². The Labute approximate surface area is 131 Å². The number of nitrogens with two attached hydrogens (primary N) is 2. The van der Waals surface area contributed by atoms with Crippen molar-refractivity contribution in [3.63, 3.8) is 0 Å². The molecule has 2 amide bonds. The van der Waals surface area contributed by atoms with E-state index in [1.54, 1.807) is 13.0 Å². The molecule has 0 aromatic rings. The summed E-state index contributed by atoms with van der Waals surface area (Å²) in [7, 11) is 0. The van der Waals surface area contributed by atoms with Gasteiger partial charge in [-0.1, -0.05) is 13.8 Å². The van der Waals surface area contributed by atoms with Crippen molar-refractivity contribution in [1.82, 2.24) is 5.32 Å². The Morgan fingerprint density at radius 1 is 1.36 bits per heavy atom. The van der Waals surface area contributed by atoms with E-state index in [9.17, 15) is 9.59 Å². The second-order valence-corrected chi connectivity index (χ2v) is 5.35. The molecule has 126 valence electrons. The first-order valence-electron chi connectivity index (χ1n) is 7.77. The largest absolute Gasteiger partial charge is 0.463 e. The Hall–Kier alpha value is -1.60. The topological polar surface area (TPSA) is 117 Å². The average molecular weight is 313 g/mol. The maximum absolute atomic E-state index is 11.9. The molecule has 0 bridgehead atoms. The van der Waals surface area contributed by atoms with Crippen LogP contribution in [0.2, 0.25) is 0 Å². The molecule has 0 heterocycles. The first-order chi connectivity index (χ1) is 10.4. The van der Waals surface area contributed by atoms with E-state index >= 15 is 0 Å². The summed E-state index contributed by atoms with van der Waals surface area (Å²) in [5, 5.41) is 2.62. The number of nitrogens with one attached hydrogen (secondary N) is 1. The van der Waals surface area contributed by atoms with E-state index in [1.807, 2.05) is 13.8 Å². The van der Waals surface area contributed by atoms with Gasteiger partial charge < -0.3 is 26.3 Å². The summed E-state index contributed by atoms with van der Waals surface area (Å²) in [4.78, 5) is 23.1. The SMILES string of the molecule is CCOC(=O)C1=CC(OC(CC)CC)C(NC(N)=O)C(N)C1. The van der Waals surface area contributed by atoms with Gasteiger partial charge in [-0.15, -0.1) is 0 Å². The third kappa shape index (κ3) is 4.99. The van der Waals surface area contributed by atoms with Gasteiger partial charge in [0.25, 0.3) is 0 Å². The fraction of sp³-hybridized carbons (Fsp3) is 0.733. The van der Waals surface area contributed by atoms with E-state index in [2.05, 4.69) is 5.32 Å². The Balaban J connectivity index is 2.98. The van der Waals surface area contributed by atoms with Crippen molar-refractivity contribution >= 4 is 12.0 Å². The number of rotatable bonds is 7. The fourth-order valence-corrected chi connectivity index (χ4v) is 2.55. The van der Waals surface area contributed by atoms with Crippen LogP contribution < -0.4 is 16.8 Å². The van der Waals surface area contributed by atoms with Crippen LogP contribution in [0, 0.1) is 0 Å². The van der Waals surface area contributed by atoms with Gasteiger partial charge in [0.2, 0.25) is 0 Å². The Bertz CT molecular complexity index is 421. The van der Waals surface area contributed by atoms with E-state index in [1.165, 1.54) is 0 Å². The standard InChI is InChI=1S/C15H27N3O4/c1-4-10(5-2)22-12-8-9(14(19)21-6-3)7-11(16)13(12)18-15(17)20/h8,10-13H,4-7,16H2,1-3H3,(H3,17,18,20). The first-order valence-corrected chi connectivity index (χ1v) is 7.77. The van der Waals surface area contributed by atoms with Crippen LogP contribution in [0.4, 0.5) is 4.79 Å². The Morgan fingerprint density at radius 3 is 2.50 bits per heavy atom.